The number of nitrogens with one attached hydrogen (secondary N) is 1. The van der Waals surface area contributed by atoms with Crippen molar-refractivity contribution in [1.82, 2.24) is 14.9 Å². The van der Waals surface area contributed by atoms with Crippen LogP contribution in [-0.4, -0.2) is 22.6 Å². The maximum atomic E-state index is 10.6. The van der Waals surface area contributed by atoms with E-state index in [1.165, 1.54) is 11.1 Å². The van der Waals surface area contributed by atoms with Crippen LogP contribution in [0.25, 0.3) is 11.0 Å². The molecule has 5 nitrogen and oxygen atoms in total. The van der Waals surface area contributed by atoms with E-state index in [2.05, 4.69) is 53.0 Å². The van der Waals surface area contributed by atoms with Crippen LogP contribution in [0.2, 0.25) is 0 Å². The third kappa shape index (κ3) is 4.42. The van der Waals surface area contributed by atoms with Crippen molar-refractivity contribution < 1.29 is 9.53 Å². The number of imidazole rings is 1. The first-order valence-electron chi connectivity index (χ1n) is 8.99. The Morgan fingerprint density at radius 1 is 1.12 bits per heavy atom. The molecule has 1 N–H and O–H groups in total. The maximum Gasteiger partial charge on any atom is 0.207 e. The first kappa shape index (κ1) is 18.0. The first-order valence-corrected chi connectivity index (χ1v) is 8.99. The number of unbranched alkanes of at least 4 members (excludes halogenated alkanes) is 1. The fourth-order valence-corrected chi connectivity index (χ4v) is 3.22. The predicted octanol–water partition coefficient (Wildman–Crippen LogP) is 3.76. The molecule has 0 fully saturated rings. The highest BCUT2D eigenvalue weighted by molar-refractivity contribution is 5.75. The van der Waals surface area contributed by atoms with E-state index in [9.17, 15) is 4.79 Å². The number of rotatable bonds is 9. The van der Waals surface area contributed by atoms with Crippen LogP contribution >= 0.6 is 0 Å². The van der Waals surface area contributed by atoms with Crippen molar-refractivity contribution in [3.63, 3.8) is 0 Å². The molecule has 1 heterocycles. The van der Waals surface area contributed by atoms with Crippen molar-refractivity contribution in [3.8, 4) is 5.75 Å². The van der Waals surface area contributed by atoms with Gasteiger partial charge in [-0.3, -0.25) is 4.79 Å². The smallest absolute Gasteiger partial charge is 0.207 e. The van der Waals surface area contributed by atoms with Gasteiger partial charge in [-0.05, 0) is 62.1 Å². The number of carbonyl (C=O) groups is 1. The third-order valence-electron chi connectivity index (χ3n) is 4.32. The van der Waals surface area contributed by atoms with Crippen LogP contribution < -0.4 is 10.1 Å². The van der Waals surface area contributed by atoms with E-state index in [4.69, 9.17) is 4.74 Å². The summed E-state index contributed by atoms with van der Waals surface area (Å²) in [5.41, 5.74) is 4.50. The highest BCUT2D eigenvalue weighted by atomic mass is 16.5. The quantitative estimate of drug-likeness (QED) is 0.472. The molecule has 2 aromatic carbocycles. The molecule has 0 aliphatic carbocycles. The zero-order chi connectivity index (χ0) is 18.4. The molecule has 1 aromatic heterocycles. The normalized spacial score (nSPS) is 10.8. The van der Waals surface area contributed by atoms with E-state index in [0.29, 0.717) is 19.6 Å². The summed E-state index contributed by atoms with van der Waals surface area (Å²) in [5.74, 6) is 1.82. The molecular weight excluding hydrogens is 326 g/mol. The Balaban J connectivity index is 1.58. The molecule has 0 atom stereocenters. The molecule has 0 spiro atoms. The highest BCUT2D eigenvalue weighted by Crippen LogP contribution is 2.18. The lowest BCUT2D eigenvalue weighted by Crippen LogP contribution is -2.15. The molecule has 1 amide bonds. The molecule has 26 heavy (non-hydrogen) atoms. The second kappa shape index (κ2) is 8.52. The first-order chi connectivity index (χ1) is 12.7. The van der Waals surface area contributed by atoms with Crippen LogP contribution in [0.5, 0.6) is 5.75 Å². The lowest BCUT2D eigenvalue weighted by molar-refractivity contribution is -0.109. The standard InChI is InChI=1S/C21H25N3O2/c1-16-11-17(2)13-18(12-16)26-10-6-5-9-24-20-8-4-3-7-19(20)23-21(24)14-22-15-25/h3-4,7-8,11-13,15H,5-6,9-10,14H2,1-2H3,(H,22,25). The van der Waals surface area contributed by atoms with E-state index in [0.717, 1.165) is 42.0 Å². The van der Waals surface area contributed by atoms with Gasteiger partial charge in [-0.2, -0.15) is 0 Å². The average molecular weight is 351 g/mol. The number of carbonyl (C=O) groups excluding carboxylic acids is 1. The van der Waals surface area contributed by atoms with Crippen molar-refractivity contribution in [2.45, 2.75) is 39.8 Å². The van der Waals surface area contributed by atoms with Gasteiger partial charge in [-0.25, -0.2) is 4.98 Å². The van der Waals surface area contributed by atoms with Crippen molar-refractivity contribution in [2.75, 3.05) is 6.61 Å². The minimum atomic E-state index is 0.442. The number of ether oxygens (including phenoxy) is 1. The minimum Gasteiger partial charge on any atom is -0.494 e. The highest BCUT2D eigenvalue weighted by Gasteiger charge is 2.09. The van der Waals surface area contributed by atoms with Gasteiger partial charge >= 0.3 is 0 Å². The van der Waals surface area contributed by atoms with Crippen molar-refractivity contribution in [3.05, 3.63) is 59.4 Å². The Morgan fingerprint density at radius 2 is 1.88 bits per heavy atom. The number of aryl methyl sites for hydroxylation is 3. The molecule has 0 unspecified atom stereocenters. The van der Waals surface area contributed by atoms with Gasteiger partial charge in [0.25, 0.3) is 0 Å². The largest absolute Gasteiger partial charge is 0.494 e. The zero-order valence-electron chi connectivity index (χ0n) is 15.4. The molecule has 0 saturated heterocycles. The topological polar surface area (TPSA) is 56.1 Å². The molecule has 0 radical (unpaired) electrons. The minimum absolute atomic E-state index is 0.442. The van der Waals surface area contributed by atoms with Gasteiger partial charge in [0.2, 0.25) is 6.41 Å². The van der Waals surface area contributed by atoms with Gasteiger partial charge in [-0.15, -0.1) is 0 Å². The van der Waals surface area contributed by atoms with Crippen LogP contribution in [0, 0.1) is 13.8 Å². The lowest BCUT2D eigenvalue weighted by Gasteiger charge is -2.10. The summed E-state index contributed by atoms with van der Waals surface area (Å²) in [5, 5.41) is 2.71. The number of amides is 1. The summed E-state index contributed by atoms with van der Waals surface area (Å²) in [4.78, 5) is 15.2. The van der Waals surface area contributed by atoms with Gasteiger partial charge < -0.3 is 14.6 Å². The fourth-order valence-electron chi connectivity index (χ4n) is 3.22. The maximum absolute atomic E-state index is 10.6. The molecule has 3 rings (SSSR count). The lowest BCUT2D eigenvalue weighted by atomic mass is 10.1. The molecule has 136 valence electrons. The van der Waals surface area contributed by atoms with E-state index in [-0.39, 0.29) is 0 Å². The molecule has 0 aliphatic rings. The van der Waals surface area contributed by atoms with Crippen LogP contribution in [0.15, 0.2) is 42.5 Å². The predicted molar refractivity (Wildman–Crippen MR) is 103 cm³/mol. The molecule has 5 heteroatoms. The van der Waals surface area contributed by atoms with E-state index in [1.807, 2.05) is 18.2 Å². The summed E-state index contributed by atoms with van der Waals surface area (Å²) >= 11 is 0. The Morgan fingerprint density at radius 3 is 2.65 bits per heavy atom. The van der Waals surface area contributed by atoms with E-state index < -0.39 is 0 Å². The SMILES string of the molecule is Cc1cc(C)cc(OCCCCn2c(CNC=O)nc3ccccc32)c1. The van der Waals surface area contributed by atoms with Gasteiger partial charge in [-0.1, -0.05) is 18.2 Å². The van der Waals surface area contributed by atoms with E-state index >= 15 is 0 Å². The molecule has 3 aromatic rings. The molecule has 0 aliphatic heterocycles. The number of benzene rings is 2. The summed E-state index contributed by atoms with van der Waals surface area (Å²) in [6.07, 6.45) is 2.65. The molecular formula is C21H25N3O2. The second-order valence-electron chi connectivity index (χ2n) is 6.55. The monoisotopic (exact) mass is 351 g/mol. The number of fused-ring (bicyclic) bond motifs is 1. The number of hydrogen-bond acceptors (Lipinski definition) is 3. The number of para-hydroxylation sites is 2. The average Bonchev–Trinajstić information content (AvgIpc) is 2.96. The Kier molecular flexibility index (Phi) is 5.89. The van der Waals surface area contributed by atoms with Gasteiger partial charge in [0.1, 0.15) is 11.6 Å². The van der Waals surface area contributed by atoms with Crippen LogP contribution in [-0.2, 0) is 17.9 Å². The summed E-state index contributed by atoms with van der Waals surface area (Å²) < 4.78 is 8.07. The van der Waals surface area contributed by atoms with Crippen molar-refractivity contribution in [2.24, 2.45) is 0 Å². The van der Waals surface area contributed by atoms with E-state index in [1.54, 1.807) is 0 Å². The van der Waals surface area contributed by atoms with Gasteiger partial charge in [0.15, 0.2) is 0 Å². The molecule has 0 saturated carbocycles. The number of nitrogens with zero attached hydrogens (tertiary/aromatic N) is 2. The Hall–Kier alpha value is -2.82. The van der Waals surface area contributed by atoms with Gasteiger partial charge in [0, 0.05) is 6.54 Å². The van der Waals surface area contributed by atoms with Gasteiger partial charge in [0.05, 0.1) is 24.2 Å². The second-order valence-corrected chi connectivity index (χ2v) is 6.55. The zero-order valence-corrected chi connectivity index (χ0v) is 15.4. The summed E-state index contributed by atoms with van der Waals surface area (Å²) in [7, 11) is 0. The van der Waals surface area contributed by atoms with Crippen LogP contribution in [0.3, 0.4) is 0 Å². The van der Waals surface area contributed by atoms with Crippen molar-refractivity contribution >= 4 is 17.4 Å². The number of hydrogen-bond donors (Lipinski definition) is 1. The number of aromatic nitrogens is 2. The Bertz CT molecular complexity index is 866. The fraction of sp³-hybridized carbons (Fsp3) is 0.333. The molecule has 0 bridgehead atoms. The van der Waals surface area contributed by atoms with Crippen LogP contribution in [0.4, 0.5) is 0 Å². The van der Waals surface area contributed by atoms with Crippen LogP contribution in [0.1, 0.15) is 29.8 Å². The third-order valence-corrected chi connectivity index (χ3v) is 4.32. The summed E-state index contributed by atoms with van der Waals surface area (Å²) in [6, 6.07) is 14.3. The summed E-state index contributed by atoms with van der Waals surface area (Å²) in [6.45, 7) is 6.15. The van der Waals surface area contributed by atoms with Crippen molar-refractivity contribution in [1.29, 1.82) is 0 Å². The Labute approximate surface area is 154 Å².